The summed E-state index contributed by atoms with van der Waals surface area (Å²) in [4.78, 5) is 12.6. The minimum Gasteiger partial charge on any atom is -0.462 e. The predicted octanol–water partition coefficient (Wildman–Crippen LogP) is 11.1. The number of hydrogen-bond acceptors (Lipinski definition) is 2. The summed E-state index contributed by atoms with van der Waals surface area (Å²) in [6, 6.07) is 0. The number of carbonyl (C=O) groups is 1. The molecular weight excluding hydrogens is 476 g/mol. The number of fused-ring (bicyclic) bond motifs is 5. The van der Waals surface area contributed by atoms with E-state index in [1.807, 2.05) is 0 Å². The van der Waals surface area contributed by atoms with E-state index in [1.165, 1.54) is 96.3 Å². The summed E-state index contributed by atoms with van der Waals surface area (Å²) in [6.45, 7) is 14.9. The zero-order valence-corrected chi connectivity index (χ0v) is 26.9. The number of allylic oxidation sites excluding steroid dienone is 1. The summed E-state index contributed by atoms with van der Waals surface area (Å²) in [5, 5.41) is 0. The van der Waals surface area contributed by atoms with Gasteiger partial charge in [0.15, 0.2) is 0 Å². The quantitative estimate of drug-likeness (QED) is 0.124. The number of rotatable bonds is 14. The molecule has 4 aliphatic carbocycles. The van der Waals surface area contributed by atoms with Gasteiger partial charge in [-0.1, -0.05) is 111 Å². The molecule has 0 aliphatic heterocycles. The van der Waals surface area contributed by atoms with Crippen molar-refractivity contribution in [2.75, 3.05) is 0 Å². The molecule has 0 radical (unpaired) electrons. The van der Waals surface area contributed by atoms with E-state index in [0.717, 1.165) is 54.8 Å². The Morgan fingerprint density at radius 3 is 2.38 bits per heavy atom. The van der Waals surface area contributed by atoms with E-state index in [2.05, 4.69) is 47.6 Å². The van der Waals surface area contributed by atoms with E-state index in [0.29, 0.717) is 17.3 Å². The molecule has 8 atom stereocenters. The second-order valence-electron chi connectivity index (χ2n) is 15.5. The van der Waals surface area contributed by atoms with Crippen molar-refractivity contribution < 1.29 is 9.53 Å². The van der Waals surface area contributed by atoms with Gasteiger partial charge < -0.3 is 4.74 Å². The minimum atomic E-state index is 0.0550. The lowest BCUT2D eigenvalue weighted by atomic mass is 9.47. The first kappa shape index (κ1) is 31.2. The SMILES string of the molecule is CCCCCCCCCC(=O)O[C@@H]1CC[C@@]2(C)C(=CC[C@H]3[C@H]4CC[C@H]([C@H](C)CCCC(C)C)[C@@]4(C)CC[C@@H]32)C1. The lowest BCUT2D eigenvalue weighted by molar-refractivity contribution is -0.151. The van der Waals surface area contributed by atoms with Crippen molar-refractivity contribution in [1.29, 1.82) is 0 Å². The van der Waals surface area contributed by atoms with Crippen LogP contribution < -0.4 is 0 Å². The van der Waals surface area contributed by atoms with Gasteiger partial charge in [-0.05, 0) is 97.7 Å². The molecule has 0 spiro atoms. The van der Waals surface area contributed by atoms with Gasteiger partial charge >= 0.3 is 5.97 Å². The Hall–Kier alpha value is -0.790. The molecule has 0 aromatic carbocycles. The van der Waals surface area contributed by atoms with Crippen molar-refractivity contribution in [3.8, 4) is 0 Å². The maximum Gasteiger partial charge on any atom is 0.306 e. The molecule has 0 aromatic rings. The van der Waals surface area contributed by atoms with Gasteiger partial charge in [0.2, 0.25) is 0 Å². The van der Waals surface area contributed by atoms with Crippen LogP contribution in [0, 0.1) is 46.3 Å². The Kier molecular flexibility index (Phi) is 11.1. The second-order valence-corrected chi connectivity index (χ2v) is 15.5. The number of esters is 1. The maximum absolute atomic E-state index is 12.6. The second kappa shape index (κ2) is 13.9. The average molecular weight is 541 g/mol. The van der Waals surface area contributed by atoms with Gasteiger partial charge in [-0.3, -0.25) is 4.79 Å². The molecule has 0 bridgehead atoms. The van der Waals surface area contributed by atoms with Crippen LogP contribution in [0.15, 0.2) is 11.6 Å². The molecule has 0 heterocycles. The largest absolute Gasteiger partial charge is 0.462 e. The highest BCUT2D eigenvalue weighted by Gasteiger charge is 2.59. The molecule has 224 valence electrons. The number of unbranched alkanes of at least 4 members (excludes halogenated alkanes) is 6. The molecule has 4 aliphatic rings. The van der Waals surface area contributed by atoms with Gasteiger partial charge in [0.05, 0.1) is 0 Å². The van der Waals surface area contributed by atoms with E-state index < -0.39 is 0 Å². The molecule has 3 saturated carbocycles. The Morgan fingerprint density at radius 2 is 1.64 bits per heavy atom. The van der Waals surface area contributed by atoms with E-state index in [-0.39, 0.29) is 12.1 Å². The van der Waals surface area contributed by atoms with Crippen LogP contribution in [0.4, 0.5) is 0 Å². The molecule has 2 heteroatoms. The summed E-state index contributed by atoms with van der Waals surface area (Å²) in [6.07, 6.45) is 26.7. The number of ether oxygens (including phenoxy) is 1. The molecule has 4 rings (SSSR count). The van der Waals surface area contributed by atoms with Crippen LogP contribution in [-0.2, 0) is 9.53 Å². The normalized spacial score (nSPS) is 36.6. The summed E-state index contributed by atoms with van der Waals surface area (Å²) >= 11 is 0. The summed E-state index contributed by atoms with van der Waals surface area (Å²) in [7, 11) is 0. The van der Waals surface area contributed by atoms with Crippen molar-refractivity contribution in [3.63, 3.8) is 0 Å². The third kappa shape index (κ3) is 7.17. The van der Waals surface area contributed by atoms with Crippen molar-refractivity contribution in [2.45, 2.75) is 170 Å². The monoisotopic (exact) mass is 540 g/mol. The Labute approximate surface area is 242 Å². The number of hydrogen-bond donors (Lipinski definition) is 0. The first-order valence-electron chi connectivity index (χ1n) is 17.6. The van der Waals surface area contributed by atoms with Crippen LogP contribution >= 0.6 is 0 Å². The van der Waals surface area contributed by atoms with Gasteiger partial charge in [-0.15, -0.1) is 0 Å². The van der Waals surface area contributed by atoms with Crippen molar-refractivity contribution in [1.82, 2.24) is 0 Å². The van der Waals surface area contributed by atoms with E-state index in [4.69, 9.17) is 4.74 Å². The van der Waals surface area contributed by atoms with Crippen molar-refractivity contribution in [2.24, 2.45) is 46.3 Å². The summed E-state index contributed by atoms with van der Waals surface area (Å²) in [5.41, 5.74) is 2.54. The maximum atomic E-state index is 12.6. The molecule has 39 heavy (non-hydrogen) atoms. The van der Waals surface area contributed by atoms with Gasteiger partial charge in [-0.2, -0.15) is 0 Å². The zero-order chi connectivity index (χ0) is 28.0. The Balaban J connectivity index is 1.29. The van der Waals surface area contributed by atoms with E-state index in [9.17, 15) is 4.79 Å². The lowest BCUT2D eigenvalue weighted by Gasteiger charge is -2.58. The zero-order valence-electron chi connectivity index (χ0n) is 26.9. The molecule has 3 fully saturated rings. The fourth-order valence-corrected chi connectivity index (χ4v) is 10.2. The van der Waals surface area contributed by atoms with Crippen LogP contribution in [0.3, 0.4) is 0 Å². The molecular formula is C37H64O2. The third-order valence-electron chi connectivity index (χ3n) is 12.5. The summed E-state index contributed by atoms with van der Waals surface area (Å²) < 4.78 is 6.06. The Bertz CT molecular complexity index is 812. The van der Waals surface area contributed by atoms with Crippen LogP contribution in [0.25, 0.3) is 0 Å². The minimum absolute atomic E-state index is 0.0550. The van der Waals surface area contributed by atoms with Crippen LogP contribution in [0.5, 0.6) is 0 Å². The summed E-state index contributed by atoms with van der Waals surface area (Å²) in [5.74, 6) is 5.34. The highest BCUT2D eigenvalue weighted by molar-refractivity contribution is 5.69. The van der Waals surface area contributed by atoms with E-state index >= 15 is 0 Å². The van der Waals surface area contributed by atoms with Crippen molar-refractivity contribution in [3.05, 3.63) is 11.6 Å². The first-order chi connectivity index (χ1) is 18.7. The standard InChI is InChI=1S/C37H64O2/c1-7-8-9-10-11-12-13-17-35(38)39-30-22-24-36(5)29(26-30)18-19-31-33-21-20-32(28(4)16-14-15-27(2)3)37(33,6)25-23-34(31)36/h18,27-28,30-34H,7-17,19-26H2,1-6H3/t28-,30-,31+,32-,33-,34+,36+,37-/m1/s1. The van der Waals surface area contributed by atoms with Gasteiger partial charge in [0.25, 0.3) is 0 Å². The van der Waals surface area contributed by atoms with Gasteiger partial charge in [0.1, 0.15) is 6.10 Å². The highest BCUT2D eigenvalue weighted by atomic mass is 16.5. The molecule has 2 nitrogen and oxygen atoms in total. The molecule has 0 saturated heterocycles. The molecule has 0 aromatic heterocycles. The van der Waals surface area contributed by atoms with Crippen LogP contribution in [-0.4, -0.2) is 12.1 Å². The van der Waals surface area contributed by atoms with E-state index in [1.54, 1.807) is 5.57 Å². The molecule has 0 amide bonds. The fourth-order valence-electron chi connectivity index (χ4n) is 10.2. The van der Waals surface area contributed by atoms with Crippen molar-refractivity contribution >= 4 is 5.97 Å². The fraction of sp³-hybridized carbons (Fsp3) is 0.919. The topological polar surface area (TPSA) is 26.3 Å². The Morgan fingerprint density at radius 1 is 0.897 bits per heavy atom. The van der Waals surface area contributed by atoms with Gasteiger partial charge in [0, 0.05) is 12.8 Å². The lowest BCUT2D eigenvalue weighted by Crippen LogP contribution is -2.51. The average Bonchev–Trinajstić information content (AvgIpc) is 3.25. The third-order valence-corrected chi connectivity index (χ3v) is 12.5. The number of carbonyl (C=O) groups excluding carboxylic acids is 1. The highest BCUT2D eigenvalue weighted by Crippen LogP contribution is 2.67. The van der Waals surface area contributed by atoms with Gasteiger partial charge in [-0.25, -0.2) is 0 Å². The molecule has 0 unspecified atom stereocenters. The predicted molar refractivity (Wildman–Crippen MR) is 166 cm³/mol. The van der Waals surface area contributed by atoms with Crippen LogP contribution in [0.2, 0.25) is 0 Å². The molecule has 0 N–H and O–H groups in total. The smallest absolute Gasteiger partial charge is 0.306 e. The first-order valence-corrected chi connectivity index (χ1v) is 17.6. The van der Waals surface area contributed by atoms with Crippen LogP contribution in [0.1, 0.15) is 164 Å².